The highest BCUT2D eigenvalue weighted by Crippen LogP contribution is 2.32. The van der Waals surface area contributed by atoms with Crippen LogP contribution in [-0.2, 0) is 11.2 Å². The van der Waals surface area contributed by atoms with Gasteiger partial charge in [-0.2, -0.15) is 0 Å². The summed E-state index contributed by atoms with van der Waals surface area (Å²) < 4.78 is 0. The Bertz CT molecular complexity index is 320. The van der Waals surface area contributed by atoms with Crippen LogP contribution in [0.25, 0.3) is 0 Å². The highest BCUT2D eigenvalue weighted by atomic mass is 35.5. The molecule has 12 heavy (non-hydrogen) atoms. The highest BCUT2D eigenvalue weighted by Gasteiger charge is 2.21. The average Bonchev–Trinajstić information content (AvgIpc) is 2.46. The topological polar surface area (TPSA) is 17.1 Å². The molecule has 1 aliphatic rings. The molecule has 1 atom stereocenters. The van der Waals surface area contributed by atoms with E-state index in [0.717, 1.165) is 29.7 Å². The van der Waals surface area contributed by atoms with Crippen molar-refractivity contribution in [3.05, 3.63) is 34.3 Å². The predicted octanol–water partition coefficient (Wildman–Crippen LogP) is 2.57. The maximum Gasteiger partial charge on any atom is 0.127 e. The van der Waals surface area contributed by atoms with Crippen molar-refractivity contribution in [3.63, 3.8) is 0 Å². The number of hydrogen-bond donors (Lipinski definition) is 0. The van der Waals surface area contributed by atoms with Crippen molar-refractivity contribution in [3.8, 4) is 0 Å². The summed E-state index contributed by atoms with van der Waals surface area (Å²) in [5.41, 5.74) is 2.40. The average molecular weight is 181 g/mol. The third-order valence-electron chi connectivity index (χ3n) is 2.39. The van der Waals surface area contributed by atoms with Gasteiger partial charge in [0.1, 0.15) is 6.29 Å². The third kappa shape index (κ3) is 1.14. The fourth-order valence-electron chi connectivity index (χ4n) is 1.76. The molecule has 0 amide bonds. The number of aryl methyl sites for hydroxylation is 1. The van der Waals surface area contributed by atoms with E-state index in [1.54, 1.807) is 0 Å². The van der Waals surface area contributed by atoms with Crippen LogP contribution in [0.4, 0.5) is 0 Å². The Morgan fingerprint density at radius 1 is 1.50 bits per heavy atom. The first-order valence-corrected chi connectivity index (χ1v) is 4.42. The van der Waals surface area contributed by atoms with E-state index < -0.39 is 0 Å². The largest absolute Gasteiger partial charge is 0.303 e. The summed E-state index contributed by atoms with van der Waals surface area (Å²) in [6.07, 6.45) is 2.96. The lowest BCUT2D eigenvalue weighted by Gasteiger charge is -2.01. The van der Waals surface area contributed by atoms with Crippen LogP contribution in [0.2, 0.25) is 5.02 Å². The summed E-state index contributed by atoms with van der Waals surface area (Å²) in [6, 6.07) is 5.77. The molecule has 1 aromatic rings. The maximum atomic E-state index is 10.6. The number of carbonyl (C=O) groups is 1. The molecule has 0 aromatic heterocycles. The zero-order valence-electron chi connectivity index (χ0n) is 6.59. The number of fused-ring (bicyclic) bond motifs is 1. The Labute approximate surface area is 76.4 Å². The van der Waals surface area contributed by atoms with Gasteiger partial charge in [-0.15, -0.1) is 0 Å². The van der Waals surface area contributed by atoms with Gasteiger partial charge >= 0.3 is 0 Å². The summed E-state index contributed by atoms with van der Waals surface area (Å²) in [4.78, 5) is 10.6. The highest BCUT2D eigenvalue weighted by molar-refractivity contribution is 6.30. The van der Waals surface area contributed by atoms with Gasteiger partial charge in [0, 0.05) is 10.9 Å². The quantitative estimate of drug-likeness (QED) is 0.608. The summed E-state index contributed by atoms with van der Waals surface area (Å²) in [7, 11) is 0. The molecule has 0 saturated heterocycles. The van der Waals surface area contributed by atoms with Crippen molar-refractivity contribution in [1.29, 1.82) is 0 Å². The van der Waals surface area contributed by atoms with Gasteiger partial charge in [-0.1, -0.05) is 17.7 Å². The first-order valence-electron chi connectivity index (χ1n) is 4.05. The molecule has 0 unspecified atom stereocenters. The lowest BCUT2D eigenvalue weighted by Crippen LogP contribution is -1.92. The molecule has 2 rings (SSSR count). The van der Waals surface area contributed by atoms with Crippen LogP contribution in [-0.4, -0.2) is 6.29 Å². The molecule has 0 radical (unpaired) electrons. The standard InChI is InChI=1S/C10H9ClO/c11-9-3-4-10-7(5-9)1-2-8(10)6-12/h3-6,8H,1-2H2/t8-/m1/s1. The minimum atomic E-state index is 0.109. The van der Waals surface area contributed by atoms with Crippen molar-refractivity contribution < 1.29 is 4.79 Å². The van der Waals surface area contributed by atoms with Crippen molar-refractivity contribution in [2.45, 2.75) is 18.8 Å². The number of aldehydes is 1. The summed E-state index contributed by atoms with van der Waals surface area (Å²) in [5, 5.41) is 0.764. The molecular weight excluding hydrogens is 172 g/mol. The second-order valence-corrected chi connectivity index (χ2v) is 3.56. The minimum Gasteiger partial charge on any atom is -0.303 e. The van der Waals surface area contributed by atoms with Gasteiger partial charge in [-0.25, -0.2) is 0 Å². The van der Waals surface area contributed by atoms with Crippen molar-refractivity contribution in [2.75, 3.05) is 0 Å². The smallest absolute Gasteiger partial charge is 0.127 e. The molecule has 2 heteroatoms. The van der Waals surface area contributed by atoms with Crippen molar-refractivity contribution in [2.24, 2.45) is 0 Å². The van der Waals surface area contributed by atoms with Crippen molar-refractivity contribution >= 4 is 17.9 Å². The van der Waals surface area contributed by atoms with E-state index >= 15 is 0 Å². The normalized spacial score (nSPS) is 20.6. The van der Waals surface area contributed by atoms with Crippen LogP contribution in [0.3, 0.4) is 0 Å². The second kappa shape index (κ2) is 2.91. The van der Waals surface area contributed by atoms with E-state index in [1.807, 2.05) is 18.2 Å². The molecule has 1 aliphatic carbocycles. The number of hydrogen-bond acceptors (Lipinski definition) is 1. The molecule has 62 valence electrons. The molecule has 1 nitrogen and oxygen atoms in total. The van der Waals surface area contributed by atoms with Crippen LogP contribution in [0, 0.1) is 0 Å². The van der Waals surface area contributed by atoms with E-state index in [9.17, 15) is 4.79 Å². The SMILES string of the molecule is O=C[C@H]1CCc2cc(Cl)ccc21. The van der Waals surface area contributed by atoms with Gasteiger partial charge < -0.3 is 4.79 Å². The molecular formula is C10H9ClO. The number of rotatable bonds is 1. The first-order chi connectivity index (χ1) is 5.81. The second-order valence-electron chi connectivity index (χ2n) is 3.12. The predicted molar refractivity (Wildman–Crippen MR) is 48.6 cm³/mol. The Morgan fingerprint density at radius 2 is 2.33 bits per heavy atom. The molecule has 0 aliphatic heterocycles. The number of halogens is 1. The van der Waals surface area contributed by atoms with Gasteiger partial charge in [0.05, 0.1) is 0 Å². The zero-order chi connectivity index (χ0) is 8.55. The van der Waals surface area contributed by atoms with Crippen LogP contribution in [0.5, 0.6) is 0 Å². The Morgan fingerprint density at radius 3 is 3.08 bits per heavy atom. The Kier molecular flexibility index (Phi) is 1.89. The lowest BCUT2D eigenvalue weighted by molar-refractivity contribution is -0.109. The van der Waals surface area contributed by atoms with Crippen molar-refractivity contribution in [1.82, 2.24) is 0 Å². The van der Waals surface area contributed by atoms with E-state index in [2.05, 4.69) is 0 Å². The molecule has 0 bridgehead atoms. The summed E-state index contributed by atoms with van der Waals surface area (Å²) in [5.74, 6) is 0.109. The van der Waals surface area contributed by atoms with Gasteiger partial charge in [-0.05, 0) is 36.1 Å². The van der Waals surface area contributed by atoms with Crippen LogP contribution < -0.4 is 0 Å². The number of benzene rings is 1. The lowest BCUT2D eigenvalue weighted by atomic mass is 10.0. The fraction of sp³-hybridized carbons (Fsp3) is 0.300. The molecule has 0 fully saturated rings. The van der Waals surface area contributed by atoms with Crippen LogP contribution >= 0.6 is 11.6 Å². The van der Waals surface area contributed by atoms with E-state index in [1.165, 1.54) is 5.56 Å². The molecule has 0 spiro atoms. The first kappa shape index (κ1) is 7.81. The third-order valence-corrected chi connectivity index (χ3v) is 2.63. The minimum absolute atomic E-state index is 0.109. The Balaban J connectivity index is 2.47. The fourth-order valence-corrected chi connectivity index (χ4v) is 1.96. The van der Waals surface area contributed by atoms with E-state index in [-0.39, 0.29) is 5.92 Å². The molecule has 0 heterocycles. The molecule has 1 aromatic carbocycles. The van der Waals surface area contributed by atoms with Gasteiger partial charge in [-0.3, -0.25) is 0 Å². The van der Waals surface area contributed by atoms with Gasteiger partial charge in [0.15, 0.2) is 0 Å². The van der Waals surface area contributed by atoms with Crippen LogP contribution in [0.15, 0.2) is 18.2 Å². The van der Waals surface area contributed by atoms with Gasteiger partial charge in [0.2, 0.25) is 0 Å². The van der Waals surface area contributed by atoms with Crippen LogP contribution in [0.1, 0.15) is 23.5 Å². The van der Waals surface area contributed by atoms with E-state index in [4.69, 9.17) is 11.6 Å². The number of carbonyl (C=O) groups excluding carboxylic acids is 1. The van der Waals surface area contributed by atoms with Gasteiger partial charge in [0.25, 0.3) is 0 Å². The van der Waals surface area contributed by atoms with E-state index in [0.29, 0.717) is 0 Å². The summed E-state index contributed by atoms with van der Waals surface area (Å²) in [6.45, 7) is 0. The monoisotopic (exact) mass is 180 g/mol. The Hall–Kier alpha value is -0.820. The molecule has 0 N–H and O–H groups in total. The zero-order valence-corrected chi connectivity index (χ0v) is 7.34. The maximum absolute atomic E-state index is 10.6. The summed E-state index contributed by atoms with van der Waals surface area (Å²) >= 11 is 5.83. The molecule has 0 saturated carbocycles.